The lowest BCUT2D eigenvalue weighted by Gasteiger charge is -2.09. The molecule has 5 aromatic rings. The number of methoxy groups -OCH3 is 1. The van der Waals surface area contributed by atoms with Gasteiger partial charge < -0.3 is 9.47 Å². The van der Waals surface area contributed by atoms with Gasteiger partial charge in [-0.2, -0.15) is 10.1 Å². The lowest BCUT2D eigenvalue weighted by atomic mass is 10.1. The molecule has 5 rings (SSSR count). The van der Waals surface area contributed by atoms with Gasteiger partial charge in [-0.25, -0.2) is 14.4 Å². The van der Waals surface area contributed by atoms with E-state index in [0.29, 0.717) is 48.2 Å². The van der Waals surface area contributed by atoms with E-state index in [1.165, 1.54) is 12.3 Å². The average molecular weight is 432 g/mol. The number of nitrogens with zero attached hydrogens (tertiary/aromatic N) is 6. The number of halogens is 1. The Balaban J connectivity index is 1.47. The standard InChI is InChI=1S/C23H21FN6O2/c1-3-30-19-13-16(24)14-26-21(19)20(28-30)15-6-8-17(9-7-15)32-23-27-18-5-4-10-25-22(18)29(23)11-12-31-2/h4-10,13-14H,3,11-12H2,1-2H3. The zero-order valence-electron chi connectivity index (χ0n) is 17.7. The van der Waals surface area contributed by atoms with Crippen LogP contribution in [0.3, 0.4) is 0 Å². The molecule has 0 saturated heterocycles. The smallest absolute Gasteiger partial charge is 0.304 e. The molecule has 9 heteroatoms. The van der Waals surface area contributed by atoms with Crippen molar-refractivity contribution in [2.75, 3.05) is 13.7 Å². The van der Waals surface area contributed by atoms with Crippen molar-refractivity contribution in [3.63, 3.8) is 0 Å². The first kappa shape index (κ1) is 20.1. The highest BCUT2D eigenvalue weighted by atomic mass is 19.1. The molecular weight excluding hydrogens is 411 g/mol. The molecule has 0 fully saturated rings. The third-order valence-electron chi connectivity index (χ3n) is 5.18. The number of aryl methyl sites for hydroxylation is 1. The normalized spacial score (nSPS) is 11.5. The van der Waals surface area contributed by atoms with Crippen molar-refractivity contribution in [2.45, 2.75) is 20.0 Å². The largest absolute Gasteiger partial charge is 0.425 e. The predicted molar refractivity (Wildman–Crippen MR) is 118 cm³/mol. The van der Waals surface area contributed by atoms with Gasteiger partial charge >= 0.3 is 6.01 Å². The minimum Gasteiger partial charge on any atom is -0.425 e. The fraction of sp³-hybridized carbons (Fsp3) is 0.217. The van der Waals surface area contributed by atoms with E-state index in [1.807, 2.05) is 47.9 Å². The fourth-order valence-corrected chi connectivity index (χ4v) is 3.65. The second-order valence-corrected chi connectivity index (χ2v) is 7.20. The highest BCUT2D eigenvalue weighted by Gasteiger charge is 2.16. The minimum atomic E-state index is -0.381. The number of aromatic nitrogens is 6. The number of imidazole rings is 1. The van der Waals surface area contributed by atoms with Crippen molar-refractivity contribution in [2.24, 2.45) is 0 Å². The van der Waals surface area contributed by atoms with Crippen molar-refractivity contribution in [3.8, 4) is 23.0 Å². The molecule has 0 bridgehead atoms. The number of hydrogen-bond donors (Lipinski definition) is 0. The highest BCUT2D eigenvalue weighted by molar-refractivity contribution is 5.90. The van der Waals surface area contributed by atoms with E-state index in [1.54, 1.807) is 18.0 Å². The molecule has 0 aliphatic heterocycles. The summed E-state index contributed by atoms with van der Waals surface area (Å²) in [5, 5.41) is 4.62. The summed E-state index contributed by atoms with van der Waals surface area (Å²) in [6.07, 6.45) is 2.94. The van der Waals surface area contributed by atoms with E-state index >= 15 is 0 Å². The summed E-state index contributed by atoms with van der Waals surface area (Å²) in [5.41, 5.74) is 4.39. The topological polar surface area (TPSA) is 79.9 Å². The zero-order valence-corrected chi connectivity index (χ0v) is 17.7. The SMILES string of the molecule is CCn1nc(-c2ccc(Oc3nc4cccnc4n3CCOC)cc2)c2ncc(F)cc21. The van der Waals surface area contributed by atoms with Gasteiger partial charge in [0.2, 0.25) is 0 Å². The highest BCUT2D eigenvalue weighted by Crippen LogP contribution is 2.30. The molecule has 0 saturated carbocycles. The molecule has 0 spiro atoms. The lowest BCUT2D eigenvalue weighted by Crippen LogP contribution is -2.06. The minimum absolute atomic E-state index is 0.381. The molecular formula is C23H21FN6O2. The number of fused-ring (bicyclic) bond motifs is 2. The molecule has 0 N–H and O–H groups in total. The Morgan fingerprint density at radius 2 is 1.94 bits per heavy atom. The second-order valence-electron chi connectivity index (χ2n) is 7.20. The fourth-order valence-electron chi connectivity index (χ4n) is 3.65. The van der Waals surface area contributed by atoms with Gasteiger partial charge in [0, 0.05) is 31.5 Å². The van der Waals surface area contributed by atoms with Crippen molar-refractivity contribution < 1.29 is 13.9 Å². The molecule has 0 atom stereocenters. The first-order valence-corrected chi connectivity index (χ1v) is 10.3. The molecule has 0 aliphatic carbocycles. The van der Waals surface area contributed by atoms with E-state index < -0.39 is 0 Å². The van der Waals surface area contributed by atoms with Gasteiger partial charge in [-0.3, -0.25) is 9.25 Å². The van der Waals surface area contributed by atoms with Crippen LogP contribution in [0.5, 0.6) is 11.8 Å². The molecule has 8 nitrogen and oxygen atoms in total. The van der Waals surface area contributed by atoms with Gasteiger partial charge in [0.15, 0.2) is 5.65 Å². The van der Waals surface area contributed by atoms with Crippen LogP contribution in [0.4, 0.5) is 4.39 Å². The summed E-state index contributed by atoms with van der Waals surface area (Å²) in [6, 6.07) is 13.2. The summed E-state index contributed by atoms with van der Waals surface area (Å²) in [5.74, 6) is 0.245. The van der Waals surface area contributed by atoms with Crippen LogP contribution in [0.25, 0.3) is 33.5 Å². The summed E-state index contributed by atoms with van der Waals surface area (Å²) >= 11 is 0. The summed E-state index contributed by atoms with van der Waals surface area (Å²) in [4.78, 5) is 13.2. The van der Waals surface area contributed by atoms with E-state index in [-0.39, 0.29) is 5.82 Å². The van der Waals surface area contributed by atoms with Gasteiger partial charge in [0.05, 0.1) is 24.9 Å². The quantitative estimate of drug-likeness (QED) is 0.378. The number of pyridine rings is 2. The molecule has 1 aromatic carbocycles. The third-order valence-corrected chi connectivity index (χ3v) is 5.18. The zero-order chi connectivity index (χ0) is 22.1. The molecule has 0 radical (unpaired) electrons. The number of ether oxygens (including phenoxy) is 2. The maximum atomic E-state index is 13.7. The Morgan fingerprint density at radius 1 is 1.09 bits per heavy atom. The van der Waals surface area contributed by atoms with Gasteiger partial charge in [-0.1, -0.05) is 0 Å². The van der Waals surface area contributed by atoms with Gasteiger partial charge in [-0.15, -0.1) is 0 Å². The Labute approximate surface area is 183 Å². The molecule has 0 aliphatic rings. The van der Waals surface area contributed by atoms with Crippen LogP contribution in [0.2, 0.25) is 0 Å². The Morgan fingerprint density at radius 3 is 2.72 bits per heavy atom. The third kappa shape index (κ3) is 3.56. The Bertz CT molecular complexity index is 1390. The van der Waals surface area contributed by atoms with Crippen molar-refractivity contribution in [1.29, 1.82) is 0 Å². The molecule has 32 heavy (non-hydrogen) atoms. The van der Waals surface area contributed by atoms with Crippen LogP contribution in [0, 0.1) is 5.82 Å². The van der Waals surface area contributed by atoms with Crippen LogP contribution in [-0.4, -0.2) is 43.0 Å². The number of benzene rings is 1. The summed E-state index contributed by atoms with van der Waals surface area (Å²) in [6.45, 7) is 3.66. The van der Waals surface area contributed by atoms with Gasteiger partial charge in [0.1, 0.15) is 28.3 Å². The van der Waals surface area contributed by atoms with Crippen molar-refractivity contribution in [1.82, 2.24) is 29.3 Å². The molecule has 0 unspecified atom stereocenters. The number of hydrogen-bond acceptors (Lipinski definition) is 6. The molecule has 4 heterocycles. The van der Waals surface area contributed by atoms with Crippen LogP contribution < -0.4 is 4.74 Å². The first-order chi connectivity index (χ1) is 15.7. The first-order valence-electron chi connectivity index (χ1n) is 10.3. The summed E-state index contributed by atoms with van der Waals surface area (Å²) in [7, 11) is 1.65. The average Bonchev–Trinajstić information content (AvgIpc) is 3.35. The molecule has 4 aromatic heterocycles. The van der Waals surface area contributed by atoms with Gasteiger partial charge in [-0.05, 0) is 43.3 Å². The van der Waals surface area contributed by atoms with Gasteiger partial charge in [0.25, 0.3) is 0 Å². The predicted octanol–water partition coefficient (Wildman–Crippen LogP) is 4.44. The summed E-state index contributed by atoms with van der Waals surface area (Å²) < 4.78 is 28.6. The van der Waals surface area contributed by atoms with Crippen LogP contribution in [-0.2, 0) is 17.8 Å². The molecule has 162 valence electrons. The van der Waals surface area contributed by atoms with E-state index in [2.05, 4.69) is 20.1 Å². The van der Waals surface area contributed by atoms with E-state index in [0.717, 1.165) is 16.7 Å². The maximum absolute atomic E-state index is 13.7. The Hall–Kier alpha value is -3.85. The maximum Gasteiger partial charge on any atom is 0.304 e. The van der Waals surface area contributed by atoms with Crippen LogP contribution in [0.15, 0.2) is 54.9 Å². The van der Waals surface area contributed by atoms with E-state index in [9.17, 15) is 4.39 Å². The van der Waals surface area contributed by atoms with E-state index in [4.69, 9.17) is 9.47 Å². The monoisotopic (exact) mass is 432 g/mol. The van der Waals surface area contributed by atoms with Crippen LogP contribution in [0.1, 0.15) is 6.92 Å². The van der Waals surface area contributed by atoms with Crippen molar-refractivity contribution in [3.05, 3.63) is 60.7 Å². The number of rotatable bonds is 7. The molecule has 0 amide bonds. The lowest BCUT2D eigenvalue weighted by molar-refractivity contribution is 0.185. The second kappa shape index (κ2) is 8.35. The van der Waals surface area contributed by atoms with Crippen molar-refractivity contribution >= 4 is 22.2 Å². The Kier molecular flexibility index (Phi) is 5.24. The van der Waals surface area contributed by atoms with Crippen LogP contribution >= 0.6 is 0 Å².